The van der Waals surface area contributed by atoms with Gasteiger partial charge in [-0.2, -0.15) is 13.2 Å². The molecule has 0 amide bonds. The minimum Gasteiger partial charge on any atom is -0.503 e. The maximum atomic E-state index is 12.5. The Hall–Kier alpha value is -2.36. The summed E-state index contributed by atoms with van der Waals surface area (Å²) >= 11 is 0. The first kappa shape index (κ1) is 26.7. The Bertz CT molecular complexity index is 738. The molecule has 0 unspecified atom stereocenters. The summed E-state index contributed by atoms with van der Waals surface area (Å²) < 4.78 is 52.6. The van der Waals surface area contributed by atoms with Gasteiger partial charge in [-0.15, -0.1) is 0 Å². The Morgan fingerprint density at radius 1 is 1.19 bits per heavy atom. The lowest BCUT2D eigenvalue weighted by atomic mass is 10.00. The van der Waals surface area contributed by atoms with Crippen LogP contribution < -0.4 is 4.74 Å². The summed E-state index contributed by atoms with van der Waals surface area (Å²) in [6, 6.07) is 1.40. The Balaban J connectivity index is 2.67. The zero-order chi connectivity index (χ0) is 23.8. The summed E-state index contributed by atoms with van der Waals surface area (Å²) in [6.45, 7) is 6.60. The molecule has 0 spiro atoms. The lowest BCUT2D eigenvalue weighted by Gasteiger charge is -2.28. The van der Waals surface area contributed by atoms with Gasteiger partial charge in [0.2, 0.25) is 0 Å². The van der Waals surface area contributed by atoms with Gasteiger partial charge in [0.25, 0.3) is 0 Å². The summed E-state index contributed by atoms with van der Waals surface area (Å²) in [6.07, 6.45) is -5.64. The topological polar surface area (TPSA) is 95.0 Å². The highest BCUT2D eigenvalue weighted by atomic mass is 19.4. The number of methoxy groups -OCH3 is 1. The van der Waals surface area contributed by atoms with Gasteiger partial charge in [-0.1, -0.05) is 20.8 Å². The second kappa shape index (κ2) is 11.9. The van der Waals surface area contributed by atoms with E-state index in [-0.39, 0.29) is 36.8 Å². The summed E-state index contributed by atoms with van der Waals surface area (Å²) in [5.74, 6) is -2.52. The molecule has 0 aliphatic heterocycles. The number of hydrogen-bond acceptors (Lipinski definition) is 7. The van der Waals surface area contributed by atoms with Gasteiger partial charge in [-0.05, 0) is 19.3 Å². The number of ether oxygens (including phenoxy) is 3. The molecule has 0 fully saturated rings. The molecule has 1 rings (SSSR count). The van der Waals surface area contributed by atoms with Crippen LogP contribution in [0, 0.1) is 11.8 Å². The first-order valence-electron chi connectivity index (χ1n) is 10.0. The lowest BCUT2D eigenvalue weighted by molar-refractivity contribution is -0.166. The van der Waals surface area contributed by atoms with Crippen molar-refractivity contribution in [2.45, 2.75) is 65.3 Å². The van der Waals surface area contributed by atoms with Crippen molar-refractivity contribution in [3.63, 3.8) is 0 Å². The van der Waals surface area contributed by atoms with E-state index in [9.17, 15) is 27.9 Å². The number of nitrogens with zero attached hydrogens (tertiary/aromatic N) is 1. The average molecular weight is 449 g/mol. The van der Waals surface area contributed by atoms with Crippen LogP contribution >= 0.6 is 0 Å². The number of hydrogen-bond donors (Lipinski definition) is 1. The Morgan fingerprint density at radius 2 is 1.84 bits per heavy atom. The summed E-state index contributed by atoms with van der Waals surface area (Å²) in [4.78, 5) is 28.8. The normalized spacial score (nSPS) is 14.7. The molecule has 0 saturated heterocycles. The number of Topliss-reactive ketones (excluding diaryl/α,β-unsaturated/α-hetero) is 1. The Kier molecular flexibility index (Phi) is 10.2. The Labute approximate surface area is 179 Å². The molecule has 1 heterocycles. The van der Waals surface area contributed by atoms with Crippen molar-refractivity contribution in [2.24, 2.45) is 11.8 Å². The van der Waals surface area contributed by atoms with E-state index < -0.39 is 48.2 Å². The smallest absolute Gasteiger partial charge is 0.389 e. The molecule has 1 N–H and O–H groups in total. The molecule has 176 valence electrons. The zero-order valence-electron chi connectivity index (χ0n) is 18.4. The van der Waals surface area contributed by atoms with Crippen molar-refractivity contribution >= 4 is 11.8 Å². The predicted molar refractivity (Wildman–Crippen MR) is 106 cm³/mol. The number of halogens is 3. The summed E-state index contributed by atoms with van der Waals surface area (Å²) in [5.41, 5.74) is -0.208. The van der Waals surface area contributed by atoms with E-state index in [1.165, 1.54) is 26.3 Å². The molecule has 10 heteroatoms. The summed E-state index contributed by atoms with van der Waals surface area (Å²) in [7, 11) is 1.34. The monoisotopic (exact) mass is 449 g/mol. The van der Waals surface area contributed by atoms with Gasteiger partial charge in [0, 0.05) is 31.7 Å². The molecule has 0 aliphatic rings. The number of rotatable bonds is 12. The number of carbonyl (C=O) groups is 2. The quantitative estimate of drug-likeness (QED) is 0.288. The SMILES string of the molecule is COc1ccnc(C(=O)C[C@@H](C)C(=O)O[C@@H](C(C)C)[C@H](C)OCCCC(F)(F)F)c1O. The van der Waals surface area contributed by atoms with Gasteiger partial charge in [-0.25, -0.2) is 4.98 Å². The molecule has 0 aromatic carbocycles. The van der Waals surface area contributed by atoms with Crippen LogP contribution in [0.15, 0.2) is 12.3 Å². The zero-order valence-corrected chi connectivity index (χ0v) is 18.4. The number of pyridine rings is 1. The molecular weight excluding hydrogens is 419 g/mol. The first-order chi connectivity index (χ1) is 14.4. The van der Waals surface area contributed by atoms with E-state index in [2.05, 4.69) is 4.98 Å². The van der Waals surface area contributed by atoms with Crippen LogP contribution in [0.25, 0.3) is 0 Å². The maximum absolute atomic E-state index is 12.5. The highest BCUT2D eigenvalue weighted by molar-refractivity contribution is 5.99. The van der Waals surface area contributed by atoms with E-state index in [0.29, 0.717) is 0 Å². The third-order valence-corrected chi connectivity index (χ3v) is 4.62. The molecular formula is C21H30F3NO6. The molecule has 0 bridgehead atoms. The van der Waals surface area contributed by atoms with Crippen LogP contribution in [-0.2, 0) is 14.3 Å². The number of aromatic hydroxyl groups is 1. The highest BCUT2D eigenvalue weighted by Crippen LogP contribution is 2.29. The second-order valence-corrected chi connectivity index (χ2v) is 7.68. The van der Waals surface area contributed by atoms with Crippen LogP contribution in [0.4, 0.5) is 13.2 Å². The average Bonchev–Trinajstić information content (AvgIpc) is 2.67. The van der Waals surface area contributed by atoms with Gasteiger partial charge >= 0.3 is 12.1 Å². The minimum absolute atomic E-state index is 0.0879. The van der Waals surface area contributed by atoms with Crippen molar-refractivity contribution in [3.05, 3.63) is 18.0 Å². The molecule has 0 aliphatic carbocycles. The summed E-state index contributed by atoms with van der Waals surface area (Å²) in [5, 5.41) is 10.0. The third kappa shape index (κ3) is 8.72. The predicted octanol–water partition coefficient (Wildman–Crippen LogP) is 4.32. The van der Waals surface area contributed by atoms with E-state index in [0.717, 1.165) is 0 Å². The van der Waals surface area contributed by atoms with Crippen LogP contribution in [0.3, 0.4) is 0 Å². The van der Waals surface area contributed by atoms with E-state index in [4.69, 9.17) is 14.2 Å². The van der Waals surface area contributed by atoms with E-state index in [1.807, 2.05) is 0 Å². The van der Waals surface area contributed by atoms with Gasteiger partial charge in [0.15, 0.2) is 23.0 Å². The van der Waals surface area contributed by atoms with E-state index in [1.54, 1.807) is 20.8 Å². The van der Waals surface area contributed by atoms with Gasteiger partial charge in [0.1, 0.15) is 6.10 Å². The van der Waals surface area contributed by atoms with Crippen LogP contribution in [-0.4, -0.2) is 53.9 Å². The number of carbonyl (C=O) groups excluding carboxylic acids is 2. The molecule has 1 aromatic heterocycles. The van der Waals surface area contributed by atoms with Crippen molar-refractivity contribution in [2.75, 3.05) is 13.7 Å². The van der Waals surface area contributed by atoms with Crippen molar-refractivity contribution in [1.29, 1.82) is 0 Å². The molecule has 31 heavy (non-hydrogen) atoms. The fraction of sp³-hybridized carbons (Fsp3) is 0.667. The van der Waals surface area contributed by atoms with Gasteiger partial charge in [-0.3, -0.25) is 9.59 Å². The van der Waals surface area contributed by atoms with Gasteiger partial charge in [0.05, 0.1) is 19.1 Å². The maximum Gasteiger partial charge on any atom is 0.389 e. The fourth-order valence-corrected chi connectivity index (χ4v) is 2.92. The van der Waals surface area contributed by atoms with Crippen molar-refractivity contribution in [3.8, 4) is 11.5 Å². The van der Waals surface area contributed by atoms with Crippen LogP contribution in [0.2, 0.25) is 0 Å². The van der Waals surface area contributed by atoms with E-state index >= 15 is 0 Å². The molecule has 7 nitrogen and oxygen atoms in total. The van der Waals surface area contributed by atoms with Crippen LogP contribution in [0.1, 0.15) is 57.4 Å². The molecule has 0 radical (unpaired) electrons. The number of ketones is 1. The van der Waals surface area contributed by atoms with Crippen LogP contribution in [0.5, 0.6) is 11.5 Å². The number of aromatic nitrogens is 1. The first-order valence-corrected chi connectivity index (χ1v) is 10.0. The molecule has 1 aromatic rings. The molecule has 0 saturated carbocycles. The standard InChI is InChI=1S/C21H30F3NO6/c1-12(2)19(14(4)30-10-6-8-21(22,23)24)31-20(28)13(3)11-15(26)17-18(27)16(29-5)7-9-25-17/h7,9,12-14,19,27H,6,8,10-11H2,1-5H3/t13-,14+,19+/m1/s1. The lowest BCUT2D eigenvalue weighted by Crippen LogP contribution is -2.37. The van der Waals surface area contributed by atoms with Gasteiger partial charge < -0.3 is 19.3 Å². The largest absolute Gasteiger partial charge is 0.503 e. The Morgan fingerprint density at radius 3 is 2.39 bits per heavy atom. The second-order valence-electron chi connectivity index (χ2n) is 7.68. The highest BCUT2D eigenvalue weighted by Gasteiger charge is 2.31. The third-order valence-electron chi connectivity index (χ3n) is 4.62. The minimum atomic E-state index is -4.25. The molecule has 3 atom stereocenters. The fourth-order valence-electron chi connectivity index (χ4n) is 2.92. The van der Waals surface area contributed by atoms with Crippen molar-refractivity contribution in [1.82, 2.24) is 4.98 Å². The number of esters is 1. The van der Waals surface area contributed by atoms with Crippen molar-refractivity contribution < 1.29 is 42.1 Å². The number of alkyl halides is 3.